The third kappa shape index (κ3) is 11.3. The number of nitrogens with zero attached hydrogens (tertiary/aromatic N) is 4. The van der Waals surface area contributed by atoms with Gasteiger partial charge in [-0.15, -0.1) is 0 Å². The minimum absolute atomic E-state index is 0.0777. The number of carbonyl (C=O) groups excluding carboxylic acids is 10. The van der Waals surface area contributed by atoms with Crippen molar-refractivity contribution in [3.63, 3.8) is 0 Å². The van der Waals surface area contributed by atoms with Crippen LogP contribution < -0.4 is 0 Å². The first kappa shape index (κ1) is 72.8. The smallest absolute Gasteiger partial charge is 0.339 e. The van der Waals surface area contributed by atoms with Gasteiger partial charge >= 0.3 is 23.9 Å². The summed E-state index contributed by atoms with van der Waals surface area (Å²) in [6.45, 7) is 22.8. The largest absolute Gasteiger partial charge is 0.467 e. The molecule has 6 rings (SSSR count). The van der Waals surface area contributed by atoms with E-state index in [1.165, 1.54) is 62.1 Å². The van der Waals surface area contributed by atoms with E-state index in [0.717, 1.165) is 64.2 Å². The van der Waals surface area contributed by atoms with E-state index in [4.69, 9.17) is 18.9 Å². The lowest BCUT2D eigenvalue weighted by Gasteiger charge is -2.48. The van der Waals surface area contributed by atoms with Gasteiger partial charge in [0, 0.05) is 85.4 Å². The number of carbonyl (C=O) groups is 10. The molecule has 20 nitrogen and oxygen atoms in total. The van der Waals surface area contributed by atoms with Crippen LogP contribution in [0.3, 0.4) is 0 Å². The third-order valence-corrected chi connectivity index (χ3v) is 20.9. The summed E-state index contributed by atoms with van der Waals surface area (Å²) in [6.07, 6.45) is 18.8. The number of allylic oxidation sites excluding steroid dienone is 2. The molecule has 0 spiro atoms. The number of methoxy groups -OCH3 is 4. The Morgan fingerprint density at radius 1 is 0.476 bits per heavy atom. The molecular formula is C64H104N4O16. The zero-order valence-corrected chi connectivity index (χ0v) is 54.4. The van der Waals surface area contributed by atoms with Crippen LogP contribution in [-0.4, -0.2) is 181 Å². The summed E-state index contributed by atoms with van der Waals surface area (Å²) in [4.78, 5) is 129. The van der Waals surface area contributed by atoms with Crippen LogP contribution in [0.4, 0.5) is 0 Å². The van der Waals surface area contributed by atoms with E-state index in [1.54, 1.807) is 41.8 Å². The van der Waals surface area contributed by atoms with Crippen LogP contribution in [0.15, 0.2) is 24.3 Å². The van der Waals surface area contributed by atoms with Gasteiger partial charge in [0.2, 0.25) is 34.7 Å². The average Bonchev–Trinajstić information content (AvgIpc) is 2.11. The van der Waals surface area contributed by atoms with Gasteiger partial charge < -0.3 is 58.3 Å². The summed E-state index contributed by atoms with van der Waals surface area (Å²) in [6, 6.07) is 0. The van der Waals surface area contributed by atoms with Crippen molar-refractivity contribution < 1.29 is 77.1 Å². The standard InChI is InChI=1S/2C19H31NO4.2C13H21NO4/c2*1-6-10-14-16(22)20(4)19(17(23)24-5,18(14,2)3)15(21)13-11-8-7-9-12-13;2*1-6-7-9-10(16)14(4)13(8-15,11(17)18-5)12(9,2)3/h2*8,11,13-15,21H,6-7,9-10,12H2,1-5H3;2*8-9H,6-7H2,1-5H3/t13-,14+,15+,19+;13-,14+,15-,19+;2*9-,13-/m1100/s1. The van der Waals surface area contributed by atoms with Gasteiger partial charge in [-0.05, 0) is 64.2 Å². The highest BCUT2D eigenvalue weighted by Crippen LogP contribution is 2.57. The van der Waals surface area contributed by atoms with Gasteiger partial charge in [-0.1, -0.05) is 133 Å². The number of likely N-dealkylation sites (tertiary alicyclic amines) is 4. The lowest BCUT2D eigenvalue weighted by molar-refractivity contribution is -0.176. The Labute approximate surface area is 500 Å². The lowest BCUT2D eigenvalue weighted by Crippen LogP contribution is -2.67. The number of aliphatic hydroxyl groups is 2. The molecule has 20 heteroatoms. The summed E-state index contributed by atoms with van der Waals surface area (Å²) < 4.78 is 19.7. The van der Waals surface area contributed by atoms with E-state index in [2.05, 4.69) is 12.2 Å². The molecule has 2 N–H and O–H groups in total. The molecule has 4 aliphatic heterocycles. The van der Waals surface area contributed by atoms with E-state index in [-0.39, 0.29) is 59.1 Å². The van der Waals surface area contributed by atoms with E-state index >= 15 is 0 Å². The molecule has 0 aromatic carbocycles. The first-order chi connectivity index (χ1) is 39.1. The zero-order valence-electron chi connectivity index (χ0n) is 54.4. The summed E-state index contributed by atoms with van der Waals surface area (Å²) in [7, 11) is 11.4. The van der Waals surface area contributed by atoms with Crippen molar-refractivity contribution in [2.75, 3.05) is 56.6 Å². The average molecular weight is 1190 g/mol. The lowest BCUT2D eigenvalue weighted by atomic mass is 9.61. The Bertz CT molecular complexity index is 2300. The topological polar surface area (TPSA) is 261 Å². The summed E-state index contributed by atoms with van der Waals surface area (Å²) >= 11 is 0. The van der Waals surface area contributed by atoms with Gasteiger partial charge in [0.05, 0.1) is 40.6 Å². The SMILES string of the molecule is CCC[C@H]1C(=O)N(C)[C@@](C=O)(C(=O)OC)C1(C)C.CCC[C@H]1C(=O)N(C)[C@@](C=O)(C(=O)OC)C1(C)C.CCC[C@H]1C(=O)N(C)[C@](C(=O)OC)([C@@H](O)[C@@H]2C=CCCC2)C1(C)C.CCC[C@H]1C(=O)N(C)[C@](C(=O)OC)([C@H](O)[C@@H]2C=CCCC2)C1(C)C. The molecule has 0 radical (unpaired) electrons. The fraction of sp³-hybridized carbons (Fsp3) is 0.781. The Morgan fingerprint density at radius 2 is 0.726 bits per heavy atom. The predicted octanol–water partition coefficient (Wildman–Crippen LogP) is 7.08. The van der Waals surface area contributed by atoms with E-state index in [0.29, 0.717) is 38.3 Å². The van der Waals surface area contributed by atoms with Crippen LogP contribution >= 0.6 is 0 Å². The molecule has 0 saturated carbocycles. The number of aliphatic hydroxyl groups excluding tert-OH is 2. The second-order valence-corrected chi connectivity index (χ2v) is 26.0. The maximum Gasteiger partial charge on any atom is 0.339 e. The number of ether oxygens (including phenoxy) is 4. The Hall–Kier alpha value is -5.50. The van der Waals surface area contributed by atoms with Crippen LogP contribution in [0, 0.1) is 57.2 Å². The summed E-state index contributed by atoms with van der Waals surface area (Å²) in [5.74, 6) is -4.43. The van der Waals surface area contributed by atoms with Crippen molar-refractivity contribution in [3.05, 3.63) is 24.3 Å². The third-order valence-electron chi connectivity index (χ3n) is 20.9. The summed E-state index contributed by atoms with van der Waals surface area (Å²) in [5.41, 5.74) is -8.72. The first-order valence-electron chi connectivity index (χ1n) is 30.2. The molecule has 12 atom stereocenters. The van der Waals surface area contributed by atoms with Gasteiger partial charge in [0.25, 0.3) is 0 Å². The number of hydrogen-bond acceptors (Lipinski definition) is 16. The minimum atomic E-state index is -1.52. The van der Waals surface area contributed by atoms with Crippen molar-refractivity contribution in [2.24, 2.45) is 57.2 Å². The number of amides is 4. The molecule has 4 saturated heterocycles. The minimum Gasteiger partial charge on any atom is -0.467 e. The quantitative estimate of drug-likeness (QED) is 0.0456. The number of hydrogen-bond donors (Lipinski definition) is 2. The number of esters is 4. The Kier molecular flexibility index (Phi) is 24.5. The second kappa shape index (κ2) is 28.3. The van der Waals surface area contributed by atoms with E-state index in [9.17, 15) is 58.2 Å². The molecule has 0 aromatic rings. The Balaban J connectivity index is 0.000000296. The molecule has 0 aromatic heterocycles. The fourth-order valence-corrected chi connectivity index (χ4v) is 15.8. The van der Waals surface area contributed by atoms with Crippen molar-refractivity contribution in [3.8, 4) is 0 Å². The first-order valence-corrected chi connectivity index (χ1v) is 30.2. The van der Waals surface area contributed by atoms with Crippen molar-refractivity contribution in [1.29, 1.82) is 0 Å². The van der Waals surface area contributed by atoms with Crippen LogP contribution in [0.2, 0.25) is 0 Å². The molecule has 4 amide bonds. The van der Waals surface area contributed by atoms with E-state index < -0.39 is 79.9 Å². The second-order valence-electron chi connectivity index (χ2n) is 26.0. The molecule has 0 unspecified atom stereocenters. The zero-order chi connectivity index (χ0) is 64.5. The molecule has 2 aliphatic carbocycles. The van der Waals surface area contributed by atoms with Crippen LogP contribution in [0.1, 0.15) is 173 Å². The van der Waals surface area contributed by atoms with Crippen molar-refractivity contribution in [2.45, 2.75) is 207 Å². The molecule has 6 aliphatic rings. The van der Waals surface area contributed by atoms with E-state index in [1.807, 2.05) is 67.5 Å². The maximum absolute atomic E-state index is 12.9. The molecule has 4 fully saturated rings. The summed E-state index contributed by atoms with van der Waals surface area (Å²) in [5, 5.41) is 22.6. The molecular weight excluding hydrogens is 1080 g/mol. The van der Waals surface area contributed by atoms with Gasteiger partial charge in [-0.2, -0.15) is 0 Å². The maximum atomic E-state index is 12.9. The highest BCUT2D eigenvalue weighted by atomic mass is 16.5. The molecule has 476 valence electrons. The van der Waals surface area contributed by atoms with Crippen LogP contribution in [0.25, 0.3) is 0 Å². The number of likely N-dealkylation sites (N-methyl/N-ethyl adjacent to an activating group) is 4. The fourth-order valence-electron chi connectivity index (χ4n) is 15.8. The van der Waals surface area contributed by atoms with Gasteiger partial charge in [0.15, 0.2) is 23.7 Å². The van der Waals surface area contributed by atoms with Gasteiger partial charge in [0.1, 0.15) is 0 Å². The van der Waals surface area contributed by atoms with Crippen molar-refractivity contribution >= 4 is 60.1 Å². The number of aldehydes is 2. The monoisotopic (exact) mass is 1180 g/mol. The Morgan fingerprint density at radius 3 is 0.940 bits per heavy atom. The van der Waals surface area contributed by atoms with Crippen LogP contribution in [0.5, 0.6) is 0 Å². The molecule has 84 heavy (non-hydrogen) atoms. The van der Waals surface area contributed by atoms with Gasteiger partial charge in [-0.25, -0.2) is 19.2 Å². The van der Waals surface area contributed by atoms with Gasteiger partial charge in [-0.3, -0.25) is 19.2 Å². The van der Waals surface area contributed by atoms with Crippen LogP contribution in [-0.2, 0) is 66.9 Å². The van der Waals surface area contributed by atoms with Crippen molar-refractivity contribution in [1.82, 2.24) is 19.6 Å². The normalized spacial score (nSPS) is 32.2. The molecule has 0 bridgehead atoms. The molecule has 4 heterocycles. The number of rotatable bonds is 18. The predicted molar refractivity (Wildman–Crippen MR) is 316 cm³/mol. The highest BCUT2D eigenvalue weighted by Gasteiger charge is 2.73. The highest BCUT2D eigenvalue weighted by molar-refractivity contribution is 6.08.